The molecule has 3 nitrogen and oxygen atoms in total. The molecule has 0 spiro atoms. The summed E-state index contributed by atoms with van der Waals surface area (Å²) < 4.78 is 0. The van der Waals surface area contributed by atoms with E-state index in [0.29, 0.717) is 0 Å². The maximum absolute atomic E-state index is 11.7. The lowest BCUT2D eigenvalue weighted by molar-refractivity contribution is -0.122. The predicted octanol–water partition coefficient (Wildman–Crippen LogP) is 6.74. The van der Waals surface area contributed by atoms with Crippen LogP contribution in [0.15, 0.2) is 0 Å². The molecule has 1 rings (SSSR count). The highest BCUT2D eigenvalue weighted by atomic mass is 16.1. The number of amides is 1. The molecule has 0 saturated carbocycles. The average Bonchev–Trinajstić information content (AvgIpc) is 2.68. The SMILES string of the molecule is CCCCCC1CCCCCCCCCCCCC(C(N)=O)CCNCCC1. The molecule has 0 aromatic rings. The van der Waals surface area contributed by atoms with Crippen molar-refractivity contribution in [2.75, 3.05) is 13.1 Å². The van der Waals surface area contributed by atoms with Gasteiger partial charge in [0.1, 0.15) is 0 Å². The first-order chi connectivity index (χ1) is 13.7. The van der Waals surface area contributed by atoms with Gasteiger partial charge in [-0.2, -0.15) is 0 Å². The van der Waals surface area contributed by atoms with Gasteiger partial charge in [0.15, 0.2) is 0 Å². The normalized spacial score (nSPS) is 25.8. The van der Waals surface area contributed by atoms with Crippen LogP contribution in [0.2, 0.25) is 0 Å². The molecule has 0 aromatic carbocycles. The molecule has 2 atom stereocenters. The maximum Gasteiger partial charge on any atom is 0.220 e. The Morgan fingerprint density at radius 2 is 1.32 bits per heavy atom. The van der Waals surface area contributed by atoms with E-state index in [1.165, 1.54) is 103 Å². The Balaban J connectivity index is 2.38. The standard InChI is InChI=1S/C25H50N2O/c1-2-3-12-16-23-17-13-10-8-6-4-5-7-9-11-14-19-24(25(26)28)20-22-27-21-15-18-23/h23-24,27H,2-22H2,1H3,(H2,26,28). The summed E-state index contributed by atoms with van der Waals surface area (Å²) in [5.41, 5.74) is 5.63. The number of hydrogen-bond donors (Lipinski definition) is 2. The van der Waals surface area contributed by atoms with Gasteiger partial charge in [-0.3, -0.25) is 4.79 Å². The van der Waals surface area contributed by atoms with Crippen molar-refractivity contribution in [1.29, 1.82) is 0 Å². The lowest BCUT2D eigenvalue weighted by Gasteiger charge is -2.18. The van der Waals surface area contributed by atoms with Crippen molar-refractivity contribution in [2.24, 2.45) is 17.6 Å². The van der Waals surface area contributed by atoms with E-state index in [9.17, 15) is 4.79 Å². The Hall–Kier alpha value is -0.570. The van der Waals surface area contributed by atoms with Crippen molar-refractivity contribution in [1.82, 2.24) is 5.32 Å². The largest absolute Gasteiger partial charge is 0.369 e. The molecule has 1 saturated heterocycles. The first-order valence-electron chi connectivity index (χ1n) is 12.7. The molecule has 3 N–H and O–H groups in total. The van der Waals surface area contributed by atoms with Gasteiger partial charge in [0, 0.05) is 5.92 Å². The molecule has 0 radical (unpaired) electrons. The topological polar surface area (TPSA) is 55.1 Å². The molecule has 1 fully saturated rings. The van der Waals surface area contributed by atoms with Gasteiger partial charge in [0.2, 0.25) is 5.91 Å². The summed E-state index contributed by atoms with van der Waals surface area (Å²) in [6.45, 7) is 4.33. The minimum Gasteiger partial charge on any atom is -0.369 e. The number of unbranched alkanes of at least 4 members (excludes halogenated alkanes) is 2. The van der Waals surface area contributed by atoms with E-state index in [0.717, 1.165) is 38.3 Å². The Labute approximate surface area is 176 Å². The van der Waals surface area contributed by atoms with Gasteiger partial charge in [-0.05, 0) is 44.7 Å². The van der Waals surface area contributed by atoms with Gasteiger partial charge in [-0.25, -0.2) is 0 Å². The zero-order chi connectivity index (χ0) is 20.3. The monoisotopic (exact) mass is 394 g/mol. The van der Waals surface area contributed by atoms with E-state index in [-0.39, 0.29) is 11.8 Å². The first-order valence-corrected chi connectivity index (χ1v) is 12.7. The summed E-state index contributed by atoms with van der Waals surface area (Å²) in [5.74, 6) is 0.900. The smallest absolute Gasteiger partial charge is 0.220 e. The van der Waals surface area contributed by atoms with Crippen molar-refractivity contribution in [3.8, 4) is 0 Å². The third-order valence-corrected chi connectivity index (χ3v) is 6.67. The van der Waals surface area contributed by atoms with Crippen LogP contribution in [0.3, 0.4) is 0 Å². The van der Waals surface area contributed by atoms with Gasteiger partial charge in [0.25, 0.3) is 0 Å². The Bertz CT molecular complexity index is 358. The molecule has 1 aliphatic rings. The fraction of sp³-hybridized carbons (Fsp3) is 0.960. The van der Waals surface area contributed by atoms with E-state index >= 15 is 0 Å². The van der Waals surface area contributed by atoms with Crippen molar-refractivity contribution in [3.05, 3.63) is 0 Å². The summed E-state index contributed by atoms with van der Waals surface area (Å²) >= 11 is 0. The van der Waals surface area contributed by atoms with Crippen LogP contribution in [0.5, 0.6) is 0 Å². The number of carbonyl (C=O) groups is 1. The number of nitrogens with two attached hydrogens (primary N) is 1. The molecule has 166 valence electrons. The molecule has 0 aliphatic carbocycles. The Kier molecular flexibility index (Phi) is 16.8. The molecule has 3 heteroatoms. The Morgan fingerprint density at radius 1 is 0.750 bits per heavy atom. The average molecular weight is 395 g/mol. The zero-order valence-corrected chi connectivity index (χ0v) is 19.0. The van der Waals surface area contributed by atoms with E-state index in [1.807, 2.05) is 0 Å². The van der Waals surface area contributed by atoms with E-state index < -0.39 is 0 Å². The zero-order valence-electron chi connectivity index (χ0n) is 19.0. The summed E-state index contributed by atoms with van der Waals surface area (Å²) in [5, 5.41) is 3.57. The van der Waals surface area contributed by atoms with Gasteiger partial charge in [-0.1, -0.05) is 103 Å². The third kappa shape index (κ3) is 14.4. The molecule has 28 heavy (non-hydrogen) atoms. The lowest BCUT2D eigenvalue weighted by atomic mass is 9.90. The van der Waals surface area contributed by atoms with Crippen molar-refractivity contribution in [3.63, 3.8) is 0 Å². The summed E-state index contributed by atoms with van der Waals surface area (Å²) in [6.07, 6.45) is 25.2. The number of carbonyl (C=O) groups excluding carboxylic acids is 1. The lowest BCUT2D eigenvalue weighted by Crippen LogP contribution is -2.28. The molecular formula is C25H50N2O. The maximum atomic E-state index is 11.7. The predicted molar refractivity (Wildman–Crippen MR) is 122 cm³/mol. The quantitative estimate of drug-likeness (QED) is 0.507. The van der Waals surface area contributed by atoms with Gasteiger partial charge >= 0.3 is 0 Å². The van der Waals surface area contributed by atoms with Gasteiger partial charge < -0.3 is 11.1 Å². The second-order valence-corrected chi connectivity index (χ2v) is 9.25. The molecule has 2 unspecified atom stereocenters. The van der Waals surface area contributed by atoms with Crippen LogP contribution < -0.4 is 11.1 Å². The highest BCUT2D eigenvalue weighted by Gasteiger charge is 2.14. The van der Waals surface area contributed by atoms with Gasteiger partial charge in [-0.15, -0.1) is 0 Å². The van der Waals surface area contributed by atoms with Crippen molar-refractivity contribution >= 4 is 5.91 Å². The number of hydrogen-bond acceptors (Lipinski definition) is 2. The number of nitrogens with one attached hydrogen (secondary N) is 1. The fourth-order valence-electron chi connectivity index (χ4n) is 4.70. The third-order valence-electron chi connectivity index (χ3n) is 6.67. The van der Waals surface area contributed by atoms with Crippen LogP contribution in [0.25, 0.3) is 0 Å². The van der Waals surface area contributed by atoms with Crippen LogP contribution in [0, 0.1) is 11.8 Å². The minimum absolute atomic E-state index is 0.0693. The summed E-state index contributed by atoms with van der Waals surface area (Å²) in [4.78, 5) is 11.7. The van der Waals surface area contributed by atoms with E-state index in [2.05, 4.69) is 12.2 Å². The van der Waals surface area contributed by atoms with Crippen LogP contribution in [0.1, 0.15) is 129 Å². The second kappa shape index (κ2) is 18.5. The molecular weight excluding hydrogens is 344 g/mol. The molecule has 1 amide bonds. The molecule has 1 aliphatic heterocycles. The van der Waals surface area contributed by atoms with Crippen molar-refractivity contribution in [2.45, 2.75) is 129 Å². The second-order valence-electron chi connectivity index (χ2n) is 9.25. The molecule has 1 heterocycles. The van der Waals surface area contributed by atoms with Gasteiger partial charge in [0.05, 0.1) is 0 Å². The first kappa shape index (κ1) is 25.5. The summed E-state index contributed by atoms with van der Waals surface area (Å²) in [6, 6.07) is 0. The van der Waals surface area contributed by atoms with Crippen molar-refractivity contribution < 1.29 is 4.79 Å². The Morgan fingerprint density at radius 3 is 1.93 bits per heavy atom. The molecule has 0 aromatic heterocycles. The number of primary amides is 1. The highest BCUT2D eigenvalue weighted by molar-refractivity contribution is 5.76. The minimum atomic E-state index is -0.0973. The van der Waals surface area contributed by atoms with E-state index in [1.54, 1.807) is 0 Å². The highest BCUT2D eigenvalue weighted by Crippen LogP contribution is 2.23. The summed E-state index contributed by atoms with van der Waals surface area (Å²) in [7, 11) is 0. The van der Waals surface area contributed by atoms with Crippen LogP contribution in [-0.2, 0) is 4.79 Å². The van der Waals surface area contributed by atoms with Crippen LogP contribution in [0.4, 0.5) is 0 Å². The fourth-order valence-corrected chi connectivity index (χ4v) is 4.70. The van der Waals surface area contributed by atoms with Crippen LogP contribution in [-0.4, -0.2) is 19.0 Å². The molecule has 0 bridgehead atoms. The number of rotatable bonds is 5. The van der Waals surface area contributed by atoms with Crippen LogP contribution >= 0.6 is 0 Å². The van der Waals surface area contributed by atoms with E-state index in [4.69, 9.17) is 5.73 Å².